The van der Waals surface area contributed by atoms with Gasteiger partial charge in [0, 0.05) is 17.0 Å². The SMILES string of the molecule is Cc1cccc(C2=NC(=Cc3cc4ccccc4o3)C(=O)O2)c1. The molecule has 1 aliphatic heterocycles. The minimum absolute atomic E-state index is 0.237. The molecule has 0 atom stereocenters. The molecule has 2 aromatic carbocycles. The van der Waals surface area contributed by atoms with E-state index in [1.54, 1.807) is 6.08 Å². The Morgan fingerprint density at radius 2 is 1.91 bits per heavy atom. The lowest BCUT2D eigenvalue weighted by atomic mass is 10.1. The number of benzene rings is 2. The fraction of sp³-hybridized carbons (Fsp3) is 0.0526. The average Bonchev–Trinajstić information content (AvgIpc) is 3.11. The maximum Gasteiger partial charge on any atom is 0.363 e. The van der Waals surface area contributed by atoms with Gasteiger partial charge in [0.1, 0.15) is 11.3 Å². The van der Waals surface area contributed by atoms with Gasteiger partial charge in [0.05, 0.1) is 0 Å². The molecule has 0 radical (unpaired) electrons. The first kappa shape index (κ1) is 13.5. The Hall–Kier alpha value is -3.14. The molecular formula is C19H13NO3. The van der Waals surface area contributed by atoms with Crippen molar-refractivity contribution in [1.29, 1.82) is 0 Å². The van der Waals surface area contributed by atoms with E-state index in [2.05, 4.69) is 4.99 Å². The Balaban J connectivity index is 1.72. The Bertz CT molecular complexity index is 946. The fourth-order valence-corrected chi connectivity index (χ4v) is 2.52. The summed E-state index contributed by atoms with van der Waals surface area (Å²) in [6, 6.07) is 17.2. The quantitative estimate of drug-likeness (QED) is 0.529. The lowest BCUT2D eigenvalue weighted by molar-refractivity contribution is -0.129. The molecule has 0 aliphatic carbocycles. The van der Waals surface area contributed by atoms with Crippen molar-refractivity contribution in [2.75, 3.05) is 0 Å². The van der Waals surface area contributed by atoms with Gasteiger partial charge >= 0.3 is 5.97 Å². The molecule has 0 saturated heterocycles. The highest BCUT2D eigenvalue weighted by Crippen LogP contribution is 2.24. The van der Waals surface area contributed by atoms with Gasteiger partial charge in [-0.25, -0.2) is 9.79 Å². The molecule has 0 spiro atoms. The summed E-state index contributed by atoms with van der Waals surface area (Å²) < 4.78 is 10.9. The highest BCUT2D eigenvalue weighted by atomic mass is 16.6. The van der Waals surface area contributed by atoms with Crippen molar-refractivity contribution in [2.24, 2.45) is 4.99 Å². The molecule has 3 aromatic rings. The normalized spacial score (nSPS) is 16.0. The number of aryl methyl sites for hydroxylation is 1. The summed E-state index contributed by atoms with van der Waals surface area (Å²) in [4.78, 5) is 16.3. The van der Waals surface area contributed by atoms with Crippen molar-refractivity contribution >= 4 is 28.9 Å². The van der Waals surface area contributed by atoms with Crippen LogP contribution in [0, 0.1) is 6.92 Å². The van der Waals surface area contributed by atoms with Gasteiger partial charge in [-0.1, -0.05) is 35.9 Å². The molecule has 0 N–H and O–H groups in total. The Labute approximate surface area is 132 Å². The third-order valence-corrected chi connectivity index (χ3v) is 3.61. The van der Waals surface area contributed by atoms with E-state index in [4.69, 9.17) is 9.15 Å². The number of fused-ring (bicyclic) bond motifs is 1. The minimum atomic E-state index is -0.470. The van der Waals surface area contributed by atoms with Gasteiger partial charge < -0.3 is 9.15 Å². The van der Waals surface area contributed by atoms with Crippen LogP contribution in [0.5, 0.6) is 0 Å². The zero-order valence-electron chi connectivity index (χ0n) is 12.4. The van der Waals surface area contributed by atoms with Crippen molar-refractivity contribution in [3.8, 4) is 0 Å². The van der Waals surface area contributed by atoms with Crippen LogP contribution < -0.4 is 0 Å². The number of nitrogens with zero attached hydrogens (tertiary/aromatic N) is 1. The molecule has 23 heavy (non-hydrogen) atoms. The second-order valence-corrected chi connectivity index (χ2v) is 5.39. The topological polar surface area (TPSA) is 51.8 Å². The maximum atomic E-state index is 12.0. The van der Waals surface area contributed by atoms with Crippen LogP contribution in [0.1, 0.15) is 16.9 Å². The van der Waals surface area contributed by atoms with Crippen LogP contribution in [-0.4, -0.2) is 11.9 Å². The van der Waals surface area contributed by atoms with Crippen molar-refractivity contribution in [3.63, 3.8) is 0 Å². The van der Waals surface area contributed by atoms with Crippen LogP contribution >= 0.6 is 0 Å². The third-order valence-electron chi connectivity index (χ3n) is 3.61. The van der Waals surface area contributed by atoms with E-state index in [0.717, 1.165) is 22.1 Å². The summed E-state index contributed by atoms with van der Waals surface area (Å²) in [6.07, 6.45) is 1.60. The van der Waals surface area contributed by atoms with Gasteiger partial charge in [-0.15, -0.1) is 0 Å². The van der Waals surface area contributed by atoms with Crippen LogP contribution in [0.15, 0.2) is 69.7 Å². The predicted octanol–water partition coefficient (Wildman–Crippen LogP) is 4.09. The number of esters is 1. The molecule has 4 nitrogen and oxygen atoms in total. The van der Waals surface area contributed by atoms with Crippen LogP contribution in [0.25, 0.3) is 17.0 Å². The largest absolute Gasteiger partial charge is 0.457 e. The molecule has 2 heterocycles. The van der Waals surface area contributed by atoms with Crippen LogP contribution in [0.4, 0.5) is 0 Å². The van der Waals surface area contributed by atoms with Crippen LogP contribution in [0.2, 0.25) is 0 Å². The summed E-state index contributed by atoms with van der Waals surface area (Å²) in [6.45, 7) is 1.98. The molecule has 1 aromatic heterocycles. The van der Waals surface area contributed by atoms with Gasteiger partial charge in [-0.05, 0) is 31.2 Å². The highest BCUT2D eigenvalue weighted by molar-refractivity contribution is 6.12. The highest BCUT2D eigenvalue weighted by Gasteiger charge is 2.24. The van der Waals surface area contributed by atoms with Crippen molar-refractivity contribution in [3.05, 3.63) is 77.2 Å². The number of carbonyl (C=O) groups is 1. The number of ether oxygens (including phenoxy) is 1. The standard InChI is InChI=1S/C19H13NO3/c1-12-5-4-7-14(9-12)18-20-16(19(21)23-18)11-15-10-13-6-2-3-8-17(13)22-15/h2-11H,1H3. The Kier molecular flexibility index (Phi) is 3.08. The van der Waals surface area contributed by atoms with E-state index in [0.29, 0.717) is 11.7 Å². The second kappa shape index (κ2) is 5.25. The maximum absolute atomic E-state index is 12.0. The number of furan rings is 1. The first-order valence-corrected chi connectivity index (χ1v) is 7.27. The van der Waals surface area contributed by atoms with E-state index in [1.165, 1.54) is 0 Å². The number of rotatable bonds is 2. The molecule has 0 amide bonds. The minimum Gasteiger partial charge on any atom is -0.457 e. The van der Waals surface area contributed by atoms with Crippen LogP contribution in [0.3, 0.4) is 0 Å². The smallest absolute Gasteiger partial charge is 0.363 e. The molecule has 0 bridgehead atoms. The van der Waals surface area contributed by atoms with Crippen LogP contribution in [-0.2, 0) is 9.53 Å². The number of cyclic esters (lactones) is 1. The van der Waals surface area contributed by atoms with E-state index in [1.807, 2.05) is 61.5 Å². The van der Waals surface area contributed by atoms with Crippen molar-refractivity contribution in [1.82, 2.24) is 0 Å². The van der Waals surface area contributed by atoms with Gasteiger partial charge in [0.25, 0.3) is 0 Å². The summed E-state index contributed by atoms with van der Waals surface area (Å²) in [7, 11) is 0. The van der Waals surface area contributed by atoms with Gasteiger partial charge in [-0.2, -0.15) is 0 Å². The second-order valence-electron chi connectivity index (χ2n) is 5.39. The number of aliphatic imine (C=N–C) groups is 1. The monoisotopic (exact) mass is 303 g/mol. The van der Waals surface area contributed by atoms with Crippen molar-refractivity contribution < 1.29 is 13.9 Å². The molecule has 0 unspecified atom stereocenters. The summed E-state index contributed by atoms with van der Waals surface area (Å²) in [5, 5.41) is 0.980. The zero-order valence-corrected chi connectivity index (χ0v) is 12.4. The van der Waals surface area contributed by atoms with Crippen molar-refractivity contribution in [2.45, 2.75) is 6.92 Å². The fourth-order valence-electron chi connectivity index (χ4n) is 2.52. The summed E-state index contributed by atoms with van der Waals surface area (Å²) in [5.41, 5.74) is 2.87. The van der Waals surface area contributed by atoms with E-state index < -0.39 is 5.97 Å². The summed E-state index contributed by atoms with van der Waals surface area (Å²) in [5.74, 6) is 0.426. The number of para-hydroxylation sites is 1. The lowest BCUT2D eigenvalue weighted by Gasteiger charge is -1.99. The van der Waals surface area contributed by atoms with Gasteiger partial charge in [0.15, 0.2) is 5.70 Å². The molecule has 4 heteroatoms. The lowest BCUT2D eigenvalue weighted by Crippen LogP contribution is -2.05. The number of carbonyl (C=O) groups excluding carboxylic acids is 1. The summed E-state index contributed by atoms with van der Waals surface area (Å²) >= 11 is 0. The third kappa shape index (κ3) is 2.55. The Morgan fingerprint density at radius 3 is 2.74 bits per heavy atom. The first-order valence-electron chi connectivity index (χ1n) is 7.27. The molecule has 0 fully saturated rings. The predicted molar refractivity (Wildman–Crippen MR) is 88.0 cm³/mol. The molecule has 1 aliphatic rings. The molecule has 0 saturated carbocycles. The molecule has 4 rings (SSSR count). The zero-order chi connectivity index (χ0) is 15.8. The van der Waals surface area contributed by atoms with Gasteiger partial charge in [0.2, 0.25) is 5.90 Å². The number of hydrogen-bond donors (Lipinski definition) is 0. The van der Waals surface area contributed by atoms with E-state index in [9.17, 15) is 4.79 Å². The number of hydrogen-bond acceptors (Lipinski definition) is 4. The molecule has 112 valence electrons. The Morgan fingerprint density at radius 1 is 1.04 bits per heavy atom. The van der Waals surface area contributed by atoms with E-state index in [-0.39, 0.29) is 5.70 Å². The van der Waals surface area contributed by atoms with Gasteiger partial charge in [-0.3, -0.25) is 0 Å². The average molecular weight is 303 g/mol. The molecular weight excluding hydrogens is 290 g/mol. The first-order chi connectivity index (χ1) is 11.2. The van der Waals surface area contributed by atoms with E-state index >= 15 is 0 Å².